The molecule has 1 aromatic carbocycles. The topological polar surface area (TPSA) is 85.4 Å². The third kappa shape index (κ3) is 2.65. The van der Waals surface area contributed by atoms with Gasteiger partial charge in [-0.15, -0.1) is 0 Å². The van der Waals surface area contributed by atoms with Crippen LogP contribution in [0, 0.1) is 13.8 Å². The zero-order chi connectivity index (χ0) is 14.0. The fraction of sp³-hybridized carbons (Fsp3) is 0.143. The van der Waals surface area contributed by atoms with Crippen LogP contribution in [-0.4, -0.2) is 16.1 Å². The largest absolute Gasteiger partial charge is 0.478 e. The number of anilines is 1. The summed E-state index contributed by atoms with van der Waals surface area (Å²) in [6.07, 6.45) is 1.36. The lowest BCUT2D eigenvalue weighted by Gasteiger charge is -2.11. The number of aryl methyl sites for hydroxylation is 2. The van der Waals surface area contributed by atoms with Gasteiger partial charge in [0.1, 0.15) is 11.4 Å². The van der Waals surface area contributed by atoms with Crippen molar-refractivity contribution in [1.29, 1.82) is 0 Å². The molecule has 0 radical (unpaired) electrons. The number of hydrogen-bond donors (Lipinski definition) is 2. The minimum Gasteiger partial charge on any atom is -0.478 e. The standard InChI is InChI=1S/C14H14N2O3/c1-8-3-4-9(2)11(7-8)19-13-12(15)10(14(17)18)5-6-16-13/h3-7H,15H2,1-2H3,(H,17,18). The Bertz CT molecular complexity index is 639. The van der Waals surface area contributed by atoms with Crippen LogP contribution in [0.5, 0.6) is 11.6 Å². The van der Waals surface area contributed by atoms with Crippen molar-refractivity contribution in [2.24, 2.45) is 0 Å². The summed E-state index contributed by atoms with van der Waals surface area (Å²) in [5.41, 5.74) is 7.72. The van der Waals surface area contributed by atoms with Crippen LogP contribution in [0.25, 0.3) is 0 Å². The number of rotatable bonds is 3. The van der Waals surface area contributed by atoms with Crippen LogP contribution < -0.4 is 10.5 Å². The third-order valence-electron chi connectivity index (χ3n) is 2.73. The number of aromatic carboxylic acids is 1. The van der Waals surface area contributed by atoms with Gasteiger partial charge in [0.15, 0.2) is 0 Å². The SMILES string of the molecule is Cc1ccc(C)c(Oc2nccc(C(=O)O)c2N)c1. The van der Waals surface area contributed by atoms with Crippen LogP contribution in [0.1, 0.15) is 21.5 Å². The second-order valence-electron chi connectivity index (χ2n) is 4.25. The molecule has 0 unspecified atom stereocenters. The van der Waals surface area contributed by atoms with Gasteiger partial charge in [-0.3, -0.25) is 0 Å². The number of ether oxygens (including phenoxy) is 1. The molecule has 3 N–H and O–H groups in total. The van der Waals surface area contributed by atoms with E-state index in [1.54, 1.807) is 0 Å². The summed E-state index contributed by atoms with van der Waals surface area (Å²) in [5.74, 6) is -0.388. The molecule has 2 aromatic rings. The van der Waals surface area contributed by atoms with E-state index in [-0.39, 0.29) is 17.1 Å². The molecule has 0 saturated heterocycles. The first-order chi connectivity index (χ1) is 8.99. The monoisotopic (exact) mass is 258 g/mol. The normalized spacial score (nSPS) is 10.2. The maximum absolute atomic E-state index is 11.0. The molecule has 0 aliphatic rings. The van der Waals surface area contributed by atoms with E-state index in [0.717, 1.165) is 11.1 Å². The number of nitrogen functional groups attached to an aromatic ring is 1. The van der Waals surface area contributed by atoms with Gasteiger partial charge < -0.3 is 15.6 Å². The summed E-state index contributed by atoms with van der Waals surface area (Å²) in [6, 6.07) is 7.08. The van der Waals surface area contributed by atoms with Crippen molar-refractivity contribution < 1.29 is 14.6 Å². The smallest absolute Gasteiger partial charge is 0.338 e. The Morgan fingerprint density at radius 2 is 2.05 bits per heavy atom. The summed E-state index contributed by atoms with van der Waals surface area (Å²) >= 11 is 0. The number of nitrogens with zero attached hydrogens (tertiary/aromatic N) is 1. The summed E-state index contributed by atoms with van der Waals surface area (Å²) in [5, 5.41) is 8.99. The first kappa shape index (κ1) is 12.9. The zero-order valence-electron chi connectivity index (χ0n) is 10.7. The van der Waals surface area contributed by atoms with Crippen molar-refractivity contribution >= 4 is 11.7 Å². The lowest BCUT2D eigenvalue weighted by molar-refractivity contribution is 0.0697. The first-order valence-corrected chi connectivity index (χ1v) is 5.72. The molecule has 0 saturated carbocycles. The second kappa shape index (κ2) is 4.97. The number of carboxylic acids is 1. The highest BCUT2D eigenvalue weighted by Gasteiger charge is 2.14. The van der Waals surface area contributed by atoms with Crippen molar-refractivity contribution in [2.45, 2.75) is 13.8 Å². The highest BCUT2D eigenvalue weighted by atomic mass is 16.5. The molecule has 0 amide bonds. The summed E-state index contributed by atoms with van der Waals surface area (Å²) in [7, 11) is 0. The van der Waals surface area contributed by atoms with Gasteiger partial charge in [-0.1, -0.05) is 12.1 Å². The van der Waals surface area contributed by atoms with Gasteiger partial charge in [-0.2, -0.15) is 0 Å². The Kier molecular flexibility index (Phi) is 3.37. The molecule has 5 nitrogen and oxygen atoms in total. The van der Waals surface area contributed by atoms with E-state index in [1.165, 1.54) is 12.3 Å². The van der Waals surface area contributed by atoms with Crippen molar-refractivity contribution in [2.75, 3.05) is 5.73 Å². The fourth-order valence-corrected chi connectivity index (χ4v) is 1.64. The number of aromatic nitrogens is 1. The number of pyridine rings is 1. The number of hydrogen-bond acceptors (Lipinski definition) is 4. The van der Waals surface area contributed by atoms with Gasteiger partial charge in [0, 0.05) is 6.20 Å². The van der Waals surface area contributed by atoms with E-state index < -0.39 is 5.97 Å². The molecule has 1 heterocycles. The molecule has 1 aromatic heterocycles. The van der Waals surface area contributed by atoms with Crippen LogP contribution in [0.3, 0.4) is 0 Å². The molecule has 19 heavy (non-hydrogen) atoms. The highest BCUT2D eigenvalue weighted by Crippen LogP contribution is 2.30. The van der Waals surface area contributed by atoms with E-state index in [4.69, 9.17) is 15.6 Å². The zero-order valence-corrected chi connectivity index (χ0v) is 10.7. The Hall–Kier alpha value is -2.56. The Morgan fingerprint density at radius 1 is 1.32 bits per heavy atom. The maximum atomic E-state index is 11.0. The van der Waals surface area contributed by atoms with E-state index in [2.05, 4.69) is 4.98 Å². The lowest BCUT2D eigenvalue weighted by atomic mass is 10.1. The predicted octanol–water partition coefficient (Wildman–Crippen LogP) is 2.77. The molecular formula is C14H14N2O3. The Morgan fingerprint density at radius 3 is 2.74 bits per heavy atom. The molecule has 0 spiro atoms. The average Bonchev–Trinajstić information content (AvgIpc) is 2.36. The number of nitrogens with two attached hydrogens (primary N) is 1. The molecule has 0 aliphatic carbocycles. The second-order valence-corrected chi connectivity index (χ2v) is 4.25. The first-order valence-electron chi connectivity index (χ1n) is 5.72. The molecule has 0 aliphatic heterocycles. The Labute approximate surface area is 110 Å². The van der Waals surface area contributed by atoms with Crippen molar-refractivity contribution in [3.8, 4) is 11.6 Å². The fourth-order valence-electron chi connectivity index (χ4n) is 1.64. The predicted molar refractivity (Wildman–Crippen MR) is 71.6 cm³/mol. The number of carbonyl (C=O) groups is 1. The lowest BCUT2D eigenvalue weighted by Crippen LogP contribution is -2.05. The van der Waals surface area contributed by atoms with Crippen molar-refractivity contribution in [1.82, 2.24) is 4.98 Å². The molecule has 0 bridgehead atoms. The maximum Gasteiger partial charge on any atom is 0.338 e. The Balaban J connectivity index is 2.41. The van der Waals surface area contributed by atoms with Gasteiger partial charge >= 0.3 is 5.97 Å². The number of carboxylic acid groups (broad SMARTS) is 1. The minimum absolute atomic E-state index is 0.0182. The van der Waals surface area contributed by atoms with Gasteiger partial charge in [0.05, 0.1) is 5.56 Å². The highest BCUT2D eigenvalue weighted by molar-refractivity contribution is 5.94. The van der Waals surface area contributed by atoms with E-state index in [9.17, 15) is 4.79 Å². The van der Waals surface area contributed by atoms with Crippen LogP contribution in [-0.2, 0) is 0 Å². The number of benzene rings is 1. The molecule has 98 valence electrons. The van der Waals surface area contributed by atoms with Crippen molar-refractivity contribution in [3.05, 3.63) is 47.2 Å². The van der Waals surface area contributed by atoms with Gasteiger partial charge in [0.25, 0.3) is 0 Å². The third-order valence-corrected chi connectivity index (χ3v) is 2.73. The summed E-state index contributed by atoms with van der Waals surface area (Å²) in [6.45, 7) is 3.84. The van der Waals surface area contributed by atoms with Crippen LogP contribution >= 0.6 is 0 Å². The summed E-state index contributed by atoms with van der Waals surface area (Å²) in [4.78, 5) is 15.0. The van der Waals surface area contributed by atoms with Gasteiger partial charge in [-0.25, -0.2) is 9.78 Å². The summed E-state index contributed by atoms with van der Waals surface area (Å²) < 4.78 is 5.61. The molecule has 0 fully saturated rings. The molecule has 5 heteroatoms. The molecular weight excluding hydrogens is 244 g/mol. The minimum atomic E-state index is -1.11. The molecule has 0 atom stereocenters. The average molecular weight is 258 g/mol. The van der Waals surface area contributed by atoms with Gasteiger partial charge in [0.2, 0.25) is 5.88 Å². The van der Waals surface area contributed by atoms with Gasteiger partial charge in [-0.05, 0) is 37.1 Å². The van der Waals surface area contributed by atoms with Crippen LogP contribution in [0.4, 0.5) is 5.69 Å². The van der Waals surface area contributed by atoms with Crippen LogP contribution in [0.2, 0.25) is 0 Å². The van der Waals surface area contributed by atoms with Crippen LogP contribution in [0.15, 0.2) is 30.5 Å². The van der Waals surface area contributed by atoms with E-state index >= 15 is 0 Å². The quantitative estimate of drug-likeness (QED) is 0.884. The molecule has 2 rings (SSSR count). The van der Waals surface area contributed by atoms with E-state index in [1.807, 2.05) is 32.0 Å². The van der Waals surface area contributed by atoms with E-state index in [0.29, 0.717) is 5.75 Å². The van der Waals surface area contributed by atoms with Crippen molar-refractivity contribution in [3.63, 3.8) is 0 Å².